The maximum Gasteiger partial charge on any atom is 0.165 e. The topological polar surface area (TPSA) is 17.1 Å². The smallest absolute Gasteiger partial charge is 0.165 e. The zero-order chi connectivity index (χ0) is 11.5. The van der Waals surface area contributed by atoms with Gasteiger partial charge in [0.05, 0.1) is 0 Å². The average molecular weight is 328 g/mol. The van der Waals surface area contributed by atoms with Crippen molar-refractivity contribution in [3.05, 3.63) is 33.4 Å². The van der Waals surface area contributed by atoms with Crippen LogP contribution >= 0.6 is 22.6 Å². The first kappa shape index (κ1) is 12.1. The van der Waals surface area contributed by atoms with Gasteiger partial charge in [-0.15, -0.1) is 0 Å². The molecule has 0 saturated heterocycles. The molecule has 0 radical (unpaired) electrons. The van der Waals surface area contributed by atoms with E-state index in [0.717, 1.165) is 22.0 Å². The molecule has 0 spiro atoms. The molecule has 1 saturated carbocycles. The van der Waals surface area contributed by atoms with Gasteiger partial charge in [0, 0.05) is 15.1 Å². The van der Waals surface area contributed by atoms with Crippen molar-refractivity contribution in [1.29, 1.82) is 0 Å². The minimum absolute atomic E-state index is 0.266. The first-order chi connectivity index (χ1) is 7.66. The van der Waals surface area contributed by atoms with Crippen molar-refractivity contribution in [2.24, 2.45) is 11.8 Å². The van der Waals surface area contributed by atoms with Crippen LogP contribution in [-0.4, -0.2) is 5.78 Å². The van der Waals surface area contributed by atoms with Crippen molar-refractivity contribution in [3.8, 4) is 0 Å². The van der Waals surface area contributed by atoms with Gasteiger partial charge in [0.15, 0.2) is 5.78 Å². The fraction of sp³-hybridized carbons (Fsp3) is 0.500. The Kier molecular flexibility index (Phi) is 4.00. The zero-order valence-corrected chi connectivity index (χ0v) is 11.7. The van der Waals surface area contributed by atoms with Gasteiger partial charge in [-0.05, 0) is 53.5 Å². The first-order valence-corrected chi connectivity index (χ1v) is 7.04. The average Bonchev–Trinajstić information content (AvgIpc) is 2.28. The van der Waals surface area contributed by atoms with E-state index in [1.165, 1.54) is 12.8 Å². The Bertz CT molecular complexity index is 386. The molecule has 1 aromatic carbocycles. The molecule has 1 aliphatic rings. The van der Waals surface area contributed by atoms with Crippen LogP contribution in [-0.2, 0) is 0 Å². The number of ketones is 1. The molecular formula is C14H17IO. The number of rotatable bonds is 2. The van der Waals surface area contributed by atoms with Crippen LogP contribution in [0.1, 0.15) is 43.0 Å². The summed E-state index contributed by atoms with van der Waals surface area (Å²) in [5, 5.41) is 0. The number of hydrogen-bond donors (Lipinski definition) is 0. The van der Waals surface area contributed by atoms with Gasteiger partial charge in [0.2, 0.25) is 0 Å². The molecule has 0 aliphatic heterocycles. The minimum atomic E-state index is 0.266. The fourth-order valence-corrected chi connectivity index (χ4v) is 3.09. The van der Waals surface area contributed by atoms with Crippen molar-refractivity contribution in [3.63, 3.8) is 0 Å². The summed E-state index contributed by atoms with van der Waals surface area (Å²) in [7, 11) is 0. The third-order valence-electron chi connectivity index (χ3n) is 3.42. The summed E-state index contributed by atoms with van der Waals surface area (Å²) < 4.78 is 1.15. The second-order valence-corrected chi connectivity index (χ2v) is 6.09. The Morgan fingerprint density at radius 2 is 2.19 bits per heavy atom. The Morgan fingerprint density at radius 1 is 1.38 bits per heavy atom. The first-order valence-electron chi connectivity index (χ1n) is 5.96. The van der Waals surface area contributed by atoms with Gasteiger partial charge in [-0.25, -0.2) is 0 Å². The summed E-state index contributed by atoms with van der Waals surface area (Å²) >= 11 is 2.26. The van der Waals surface area contributed by atoms with Crippen LogP contribution in [0, 0.1) is 15.4 Å². The van der Waals surface area contributed by atoms with Crippen molar-refractivity contribution >= 4 is 28.4 Å². The van der Waals surface area contributed by atoms with E-state index in [4.69, 9.17) is 0 Å². The van der Waals surface area contributed by atoms with Gasteiger partial charge in [0.1, 0.15) is 0 Å². The molecule has 0 bridgehead atoms. The summed E-state index contributed by atoms with van der Waals surface area (Å²) in [5.41, 5.74) is 0.894. The van der Waals surface area contributed by atoms with Gasteiger partial charge < -0.3 is 0 Å². The molecule has 1 aliphatic carbocycles. The monoisotopic (exact) mass is 328 g/mol. The molecule has 2 atom stereocenters. The van der Waals surface area contributed by atoms with Crippen molar-refractivity contribution in [1.82, 2.24) is 0 Å². The third kappa shape index (κ3) is 2.84. The van der Waals surface area contributed by atoms with Crippen molar-refractivity contribution in [2.45, 2.75) is 32.6 Å². The van der Waals surface area contributed by atoms with E-state index in [9.17, 15) is 4.79 Å². The molecule has 16 heavy (non-hydrogen) atoms. The van der Waals surface area contributed by atoms with E-state index in [1.54, 1.807) is 0 Å². The van der Waals surface area contributed by atoms with Crippen LogP contribution in [0.2, 0.25) is 0 Å². The lowest BCUT2D eigenvalue weighted by Gasteiger charge is -2.25. The van der Waals surface area contributed by atoms with Gasteiger partial charge >= 0.3 is 0 Å². The minimum Gasteiger partial charge on any atom is -0.294 e. The van der Waals surface area contributed by atoms with E-state index in [-0.39, 0.29) is 5.92 Å². The number of carbonyl (C=O) groups excluding carboxylic acids is 1. The van der Waals surface area contributed by atoms with Gasteiger partial charge in [0.25, 0.3) is 0 Å². The van der Waals surface area contributed by atoms with Crippen LogP contribution in [0.3, 0.4) is 0 Å². The van der Waals surface area contributed by atoms with E-state index in [2.05, 4.69) is 29.5 Å². The summed E-state index contributed by atoms with van der Waals surface area (Å²) in [5.74, 6) is 1.33. The summed E-state index contributed by atoms with van der Waals surface area (Å²) in [6, 6.07) is 7.95. The molecule has 2 rings (SSSR count). The van der Waals surface area contributed by atoms with Crippen molar-refractivity contribution < 1.29 is 4.79 Å². The summed E-state index contributed by atoms with van der Waals surface area (Å²) in [4.78, 5) is 12.3. The van der Waals surface area contributed by atoms with Crippen LogP contribution in [0.15, 0.2) is 24.3 Å². The highest BCUT2D eigenvalue weighted by Crippen LogP contribution is 2.31. The SMILES string of the molecule is CC1CCCC(C(=O)c2cccc(I)c2)C1. The molecule has 1 nitrogen and oxygen atoms in total. The Labute approximate surface area is 111 Å². The molecule has 0 N–H and O–H groups in total. The second kappa shape index (κ2) is 5.30. The molecular weight excluding hydrogens is 311 g/mol. The summed E-state index contributed by atoms with van der Waals surface area (Å²) in [6.07, 6.45) is 4.65. The van der Waals surface area contributed by atoms with Gasteiger partial charge in [-0.2, -0.15) is 0 Å². The van der Waals surface area contributed by atoms with E-state index < -0.39 is 0 Å². The molecule has 2 unspecified atom stereocenters. The third-order valence-corrected chi connectivity index (χ3v) is 4.09. The molecule has 2 heteroatoms. The normalized spacial score (nSPS) is 25.4. The number of benzene rings is 1. The molecule has 0 aromatic heterocycles. The van der Waals surface area contributed by atoms with Crippen LogP contribution in [0.5, 0.6) is 0 Å². The van der Waals surface area contributed by atoms with E-state index in [1.807, 2.05) is 24.3 Å². The highest BCUT2D eigenvalue weighted by Gasteiger charge is 2.25. The molecule has 1 fully saturated rings. The standard InChI is InChI=1S/C14H17IO/c1-10-4-2-5-11(8-10)14(16)12-6-3-7-13(15)9-12/h3,6-7,9-11H,2,4-5,8H2,1H3. The maximum absolute atomic E-state index is 12.3. The number of hydrogen-bond acceptors (Lipinski definition) is 1. The lowest BCUT2D eigenvalue weighted by Crippen LogP contribution is -2.21. The highest BCUT2D eigenvalue weighted by molar-refractivity contribution is 14.1. The number of halogens is 1. The number of carbonyl (C=O) groups is 1. The summed E-state index contributed by atoms with van der Waals surface area (Å²) in [6.45, 7) is 2.26. The highest BCUT2D eigenvalue weighted by atomic mass is 127. The van der Waals surface area contributed by atoms with Gasteiger partial charge in [-0.3, -0.25) is 4.79 Å². The molecule has 0 heterocycles. The zero-order valence-electron chi connectivity index (χ0n) is 9.58. The maximum atomic E-state index is 12.3. The van der Waals surface area contributed by atoms with E-state index in [0.29, 0.717) is 11.7 Å². The van der Waals surface area contributed by atoms with E-state index >= 15 is 0 Å². The molecule has 86 valence electrons. The van der Waals surface area contributed by atoms with Crippen LogP contribution in [0.25, 0.3) is 0 Å². The van der Waals surface area contributed by atoms with Crippen molar-refractivity contribution in [2.75, 3.05) is 0 Å². The quantitative estimate of drug-likeness (QED) is 0.584. The second-order valence-electron chi connectivity index (χ2n) is 4.84. The van der Waals surface area contributed by atoms with Crippen LogP contribution in [0.4, 0.5) is 0 Å². The predicted molar refractivity (Wildman–Crippen MR) is 74.6 cm³/mol. The molecule has 1 aromatic rings. The lowest BCUT2D eigenvalue weighted by molar-refractivity contribution is 0.0868. The number of Topliss-reactive ketones (excluding diaryl/α,β-unsaturated/α-hetero) is 1. The Balaban J connectivity index is 2.12. The fourth-order valence-electron chi connectivity index (χ4n) is 2.55. The predicted octanol–water partition coefficient (Wildman–Crippen LogP) is 4.30. The Hall–Kier alpha value is -0.380. The lowest BCUT2D eigenvalue weighted by atomic mass is 9.79. The van der Waals surface area contributed by atoms with Crippen LogP contribution < -0.4 is 0 Å². The molecule has 0 amide bonds. The largest absolute Gasteiger partial charge is 0.294 e. The van der Waals surface area contributed by atoms with Gasteiger partial charge in [-0.1, -0.05) is 31.9 Å². The Morgan fingerprint density at radius 3 is 2.88 bits per heavy atom.